The fourth-order valence-electron chi connectivity index (χ4n) is 2.15. The minimum Gasteiger partial charge on any atom is -0.327 e. The predicted molar refractivity (Wildman–Crippen MR) is 53.1 cm³/mol. The third kappa shape index (κ3) is 1.80. The number of hydrogen-bond donors (Lipinski definition) is 1. The third-order valence-electron chi connectivity index (χ3n) is 3.34. The van der Waals surface area contributed by atoms with Crippen LogP contribution in [0.2, 0.25) is 0 Å². The average molecular weight is 170 g/mol. The Bertz CT molecular complexity index is 145. The molecule has 1 heterocycles. The highest BCUT2D eigenvalue weighted by Crippen LogP contribution is 2.23. The average Bonchev–Trinajstić information content (AvgIpc) is 2.00. The van der Waals surface area contributed by atoms with Gasteiger partial charge in [-0.3, -0.25) is 4.90 Å². The van der Waals surface area contributed by atoms with Crippen molar-refractivity contribution in [1.82, 2.24) is 4.90 Å². The first-order valence-corrected chi connectivity index (χ1v) is 5.05. The van der Waals surface area contributed by atoms with Crippen LogP contribution in [0.1, 0.15) is 34.1 Å². The maximum absolute atomic E-state index is 6.00. The molecule has 0 saturated carbocycles. The molecule has 0 amide bonds. The summed E-state index contributed by atoms with van der Waals surface area (Å²) in [5, 5.41) is 0. The molecule has 0 aromatic heterocycles. The Kier molecular flexibility index (Phi) is 3.13. The Morgan fingerprint density at radius 3 is 2.42 bits per heavy atom. The molecule has 0 aliphatic carbocycles. The minimum absolute atomic E-state index is 0.412. The first-order chi connectivity index (χ1) is 5.54. The van der Waals surface area contributed by atoms with Crippen LogP contribution in [0.15, 0.2) is 0 Å². The van der Waals surface area contributed by atoms with E-state index in [4.69, 9.17) is 5.73 Å². The summed E-state index contributed by atoms with van der Waals surface area (Å²) in [6.07, 6.45) is 1.16. The van der Waals surface area contributed by atoms with Crippen LogP contribution in [-0.2, 0) is 0 Å². The van der Waals surface area contributed by atoms with E-state index in [0.29, 0.717) is 24.0 Å². The van der Waals surface area contributed by atoms with E-state index < -0.39 is 0 Å². The summed E-state index contributed by atoms with van der Waals surface area (Å²) in [6.45, 7) is 10.3. The summed E-state index contributed by atoms with van der Waals surface area (Å²) in [5.41, 5.74) is 6.00. The van der Waals surface area contributed by atoms with Crippen LogP contribution >= 0.6 is 0 Å². The lowest BCUT2D eigenvalue weighted by Crippen LogP contribution is -2.53. The van der Waals surface area contributed by atoms with Gasteiger partial charge in [-0.15, -0.1) is 0 Å². The van der Waals surface area contributed by atoms with Crippen molar-refractivity contribution in [3.63, 3.8) is 0 Å². The molecule has 3 unspecified atom stereocenters. The number of hydrogen-bond acceptors (Lipinski definition) is 2. The van der Waals surface area contributed by atoms with Crippen LogP contribution in [0.25, 0.3) is 0 Å². The van der Waals surface area contributed by atoms with E-state index in [1.165, 1.54) is 6.54 Å². The van der Waals surface area contributed by atoms with Crippen LogP contribution in [0, 0.1) is 5.92 Å². The monoisotopic (exact) mass is 170 g/mol. The molecular weight excluding hydrogens is 148 g/mol. The largest absolute Gasteiger partial charge is 0.327 e. The Labute approximate surface area is 76.1 Å². The molecule has 0 radical (unpaired) electrons. The molecule has 72 valence electrons. The molecule has 0 bridgehead atoms. The normalized spacial score (nSPS) is 39.0. The molecule has 0 spiro atoms. The van der Waals surface area contributed by atoms with Gasteiger partial charge < -0.3 is 5.73 Å². The zero-order chi connectivity index (χ0) is 9.30. The first-order valence-electron chi connectivity index (χ1n) is 5.05. The number of nitrogens with two attached hydrogens (primary N) is 1. The molecule has 3 atom stereocenters. The molecule has 2 N–H and O–H groups in total. The molecule has 1 rings (SSSR count). The standard InChI is InChI=1S/C10H22N2/c1-7(2)12-6-5-10(11)8(3)9(12)4/h7-10H,5-6,11H2,1-4H3. The van der Waals surface area contributed by atoms with Gasteiger partial charge in [-0.05, 0) is 33.1 Å². The lowest BCUT2D eigenvalue weighted by molar-refractivity contribution is 0.0698. The van der Waals surface area contributed by atoms with Gasteiger partial charge in [0, 0.05) is 24.7 Å². The molecule has 2 heteroatoms. The molecule has 1 aliphatic rings. The van der Waals surface area contributed by atoms with E-state index in [1.807, 2.05) is 0 Å². The second-order valence-electron chi connectivity index (χ2n) is 4.38. The first kappa shape index (κ1) is 10.0. The van der Waals surface area contributed by atoms with Crippen LogP contribution in [-0.4, -0.2) is 29.6 Å². The molecule has 2 nitrogen and oxygen atoms in total. The van der Waals surface area contributed by atoms with Crippen molar-refractivity contribution in [2.24, 2.45) is 11.7 Å². The predicted octanol–water partition coefficient (Wildman–Crippen LogP) is 1.45. The van der Waals surface area contributed by atoms with Gasteiger partial charge in [0.2, 0.25) is 0 Å². The SMILES string of the molecule is CC1C(N)CCN(C(C)C)C1C. The summed E-state index contributed by atoms with van der Waals surface area (Å²) in [4.78, 5) is 2.55. The van der Waals surface area contributed by atoms with Gasteiger partial charge in [0.05, 0.1) is 0 Å². The van der Waals surface area contributed by atoms with Crippen molar-refractivity contribution in [3.05, 3.63) is 0 Å². The van der Waals surface area contributed by atoms with Crippen molar-refractivity contribution in [2.45, 2.75) is 52.2 Å². The second kappa shape index (κ2) is 3.75. The van der Waals surface area contributed by atoms with Crippen molar-refractivity contribution >= 4 is 0 Å². The van der Waals surface area contributed by atoms with Gasteiger partial charge in [-0.2, -0.15) is 0 Å². The minimum atomic E-state index is 0.412. The zero-order valence-corrected chi connectivity index (χ0v) is 8.75. The van der Waals surface area contributed by atoms with Gasteiger partial charge in [-0.1, -0.05) is 6.92 Å². The van der Waals surface area contributed by atoms with E-state index in [0.717, 1.165) is 6.42 Å². The third-order valence-corrected chi connectivity index (χ3v) is 3.34. The van der Waals surface area contributed by atoms with Crippen LogP contribution in [0.3, 0.4) is 0 Å². The lowest BCUT2D eigenvalue weighted by atomic mass is 9.87. The Morgan fingerprint density at radius 1 is 1.33 bits per heavy atom. The summed E-state index contributed by atoms with van der Waals surface area (Å²) in [5.74, 6) is 0.640. The molecule has 0 aromatic rings. The fraction of sp³-hybridized carbons (Fsp3) is 1.00. The Morgan fingerprint density at radius 2 is 1.92 bits per heavy atom. The quantitative estimate of drug-likeness (QED) is 0.645. The van der Waals surface area contributed by atoms with Crippen molar-refractivity contribution in [2.75, 3.05) is 6.54 Å². The highest BCUT2D eigenvalue weighted by molar-refractivity contribution is 4.87. The molecule has 12 heavy (non-hydrogen) atoms. The van der Waals surface area contributed by atoms with Gasteiger partial charge in [0.1, 0.15) is 0 Å². The fourth-order valence-corrected chi connectivity index (χ4v) is 2.15. The zero-order valence-electron chi connectivity index (χ0n) is 8.75. The van der Waals surface area contributed by atoms with Gasteiger partial charge in [0.25, 0.3) is 0 Å². The van der Waals surface area contributed by atoms with Gasteiger partial charge in [0.15, 0.2) is 0 Å². The van der Waals surface area contributed by atoms with E-state index in [9.17, 15) is 0 Å². The van der Waals surface area contributed by atoms with E-state index in [1.54, 1.807) is 0 Å². The number of likely N-dealkylation sites (tertiary alicyclic amines) is 1. The molecular formula is C10H22N2. The van der Waals surface area contributed by atoms with Crippen LogP contribution < -0.4 is 5.73 Å². The van der Waals surface area contributed by atoms with Crippen LogP contribution in [0.5, 0.6) is 0 Å². The maximum Gasteiger partial charge on any atom is 0.0110 e. The molecule has 1 saturated heterocycles. The highest BCUT2D eigenvalue weighted by Gasteiger charge is 2.31. The van der Waals surface area contributed by atoms with Gasteiger partial charge >= 0.3 is 0 Å². The van der Waals surface area contributed by atoms with E-state index >= 15 is 0 Å². The topological polar surface area (TPSA) is 29.3 Å². The Hall–Kier alpha value is -0.0800. The second-order valence-corrected chi connectivity index (χ2v) is 4.38. The lowest BCUT2D eigenvalue weighted by Gasteiger charge is -2.43. The van der Waals surface area contributed by atoms with Crippen molar-refractivity contribution < 1.29 is 0 Å². The summed E-state index contributed by atoms with van der Waals surface area (Å²) >= 11 is 0. The number of piperidine rings is 1. The molecule has 1 aliphatic heterocycles. The van der Waals surface area contributed by atoms with E-state index in [2.05, 4.69) is 32.6 Å². The number of nitrogens with zero attached hydrogens (tertiary/aromatic N) is 1. The van der Waals surface area contributed by atoms with E-state index in [-0.39, 0.29) is 0 Å². The summed E-state index contributed by atoms with van der Waals surface area (Å²) < 4.78 is 0. The maximum atomic E-state index is 6.00. The van der Waals surface area contributed by atoms with Crippen molar-refractivity contribution in [1.29, 1.82) is 0 Å². The summed E-state index contributed by atoms with van der Waals surface area (Å²) in [7, 11) is 0. The molecule has 1 fully saturated rings. The number of rotatable bonds is 1. The molecule has 0 aromatic carbocycles. The summed E-state index contributed by atoms with van der Waals surface area (Å²) in [6, 6.07) is 1.72. The van der Waals surface area contributed by atoms with Crippen molar-refractivity contribution in [3.8, 4) is 0 Å². The highest BCUT2D eigenvalue weighted by atomic mass is 15.2. The van der Waals surface area contributed by atoms with Gasteiger partial charge in [-0.25, -0.2) is 0 Å². The van der Waals surface area contributed by atoms with Crippen LogP contribution in [0.4, 0.5) is 0 Å². The smallest absolute Gasteiger partial charge is 0.0110 e. The Balaban J connectivity index is 2.58.